The second-order valence-corrected chi connectivity index (χ2v) is 7.98. The van der Waals surface area contributed by atoms with Gasteiger partial charge < -0.3 is 14.0 Å². The van der Waals surface area contributed by atoms with Crippen LogP contribution >= 0.6 is 0 Å². The fourth-order valence-corrected chi connectivity index (χ4v) is 4.19. The fraction of sp³-hybridized carbons (Fsp3) is 0.200. The van der Waals surface area contributed by atoms with Crippen LogP contribution in [-0.4, -0.2) is 33.7 Å². The minimum atomic E-state index is -4.04. The van der Waals surface area contributed by atoms with Crippen LogP contribution in [0.25, 0.3) is 11.1 Å². The maximum atomic E-state index is 13.2. The normalized spacial score (nSPS) is 11.1. The molecule has 3 aromatic rings. The lowest BCUT2D eigenvalue weighted by Crippen LogP contribution is -2.15. The second kappa shape index (κ2) is 8.46. The van der Waals surface area contributed by atoms with Gasteiger partial charge in [-0.15, -0.1) is 0 Å². The summed E-state index contributed by atoms with van der Waals surface area (Å²) in [4.78, 5) is 11.4. The van der Waals surface area contributed by atoms with Crippen LogP contribution in [0.1, 0.15) is 12.6 Å². The molecule has 0 aliphatic rings. The first-order valence-electron chi connectivity index (χ1n) is 8.85. The molecule has 1 heterocycles. The molecule has 0 saturated heterocycles. The van der Waals surface area contributed by atoms with Gasteiger partial charge in [-0.25, -0.2) is 8.42 Å². The van der Waals surface area contributed by atoms with Gasteiger partial charge in [-0.3, -0.25) is 14.8 Å². The van der Waals surface area contributed by atoms with Gasteiger partial charge in [-0.2, -0.15) is 0 Å². The number of anilines is 2. The van der Waals surface area contributed by atoms with Gasteiger partial charge >= 0.3 is 0 Å². The molecule has 0 unspecified atom stereocenters. The molecule has 10 heteroatoms. The van der Waals surface area contributed by atoms with Crippen molar-refractivity contribution in [1.29, 1.82) is 0 Å². The molecule has 0 atom stereocenters. The lowest BCUT2D eigenvalue weighted by molar-refractivity contribution is -0.114. The van der Waals surface area contributed by atoms with Crippen molar-refractivity contribution in [3.8, 4) is 22.6 Å². The van der Waals surface area contributed by atoms with E-state index in [1.165, 1.54) is 33.3 Å². The molecule has 2 N–H and O–H groups in total. The molecular weight excluding hydrogens is 410 g/mol. The second-order valence-electron chi connectivity index (χ2n) is 6.32. The van der Waals surface area contributed by atoms with Gasteiger partial charge in [0.2, 0.25) is 11.8 Å². The van der Waals surface area contributed by atoms with E-state index in [-0.39, 0.29) is 28.1 Å². The van der Waals surface area contributed by atoms with Crippen molar-refractivity contribution in [1.82, 2.24) is 5.16 Å². The van der Waals surface area contributed by atoms with Crippen molar-refractivity contribution in [2.24, 2.45) is 0 Å². The minimum Gasteiger partial charge on any atom is -0.495 e. The molecule has 30 heavy (non-hydrogen) atoms. The van der Waals surface area contributed by atoms with E-state index >= 15 is 0 Å². The zero-order chi connectivity index (χ0) is 21.9. The first-order valence-corrected chi connectivity index (χ1v) is 10.3. The number of carbonyl (C=O) groups excluding carboxylic acids is 1. The molecule has 0 aliphatic heterocycles. The highest BCUT2D eigenvalue weighted by atomic mass is 32.2. The Balaban J connectivity index is 2.10. The number of ether oxygens (including phenoxy) is 2. The van der Waals surface area contributed by atoms with Crippen molar-refractivity contribution in [2.45, 2.75) is 18.7 Å². The van der Waals surface area contributed by atoms with Crippen LogP contribution in [0.5, 0.6) is 11.5 Å². The summed E-state index contributed by atoms with van der Waals surface area (Å²) < 4.78 is 44.5. The largest absolute Gasteiger partial charge is 0.495 e. The van der Waals surface area contributed by atoms with Crippen molar-refractivity contribution in [2.75, 3.05) is 24.3 Å². The van der Waals surface area contributed by atoms with Gasteiger partial charge in [-0.05, 0) is 36.8 Å². The third kappa shape index (κ3) is 4.23. The van der Waals surface area contributed by atoms with Crippen LogP contribution in [-0.2, 0) is 14.8 Å². The number of benzene rings is 2. The van der Waals surface area contributed by atoms with E-state index in [1.807, 2.05) is 0 Å². The Morgan fingerprint density at radius 1 is 1.07 bits per heavy atom. The number of nitrogens with zero attached hydrogens (tertiary/aromatic N) is 1. The maximum absolute atomic E-state index is 13.2. The highest BCUT2D eigenvalue weighted by Crippen LogP contribution is 2.37. The number of rotatable bonds is 7. The Bertz CT molecular complexity index is 1190. The molecule has 0 saturated carbocycles. The molecule has 1 amide bonds. The molecular formula is C20H21N3O6S. The SMILES string of the molecule is COc1ccccc1NS(=O)(=O)c1cc(-c2c(C)noc2NC(C)=O)ccc1OC. The van der Waals surface area contributed by atoms with E-state index in [0.717, 1.165) is 0 Å². The number of hydrogen-bond acceptors (Lipinski definition) is 7. The predicted octanol–water partition coefficient (Wildman–Crippen LogP) is 3.43. The summed E-state index contributed by atoms with van der Waals surface area (Å²) in [5.41, 5.74) is 1.73. The number of aryl methyl sites for hydroxylation is 1. The van der Waals surface area contributed by atoms with E-state index in [0.29, 0.717) is 22.6 Å². The molecule has 0 radical (unpaired) electrons. The Morgan fingerprint density at radius 3 is 2.43 bits per heavy atom. The van der Waals surface area contributed by atoms with Gasteiger partial charge in [0.05, 0.1) is 31.2 Å². The van der Waals surface area contributed by atoms with Crippen molar-refractivity contribution in [3.63, 3.8) is 0 Å². The summed E-state index contributed by atoms with van der Waals surface area (Å²) in [5, 5.41) is 6.42. The number of aromatic nitrogens is 1. The van der Waals surface area contributed by atoms with Crippen LogP contribution in [0, 0.1) is 6.92 Å². The summed E-state index contributed by atoms with van der Waals surface area (Å²) in [6.07, 6.45) is 0. The molecule has 0 fully saturated rings. The zero-order valence-corrected chi connectivity index (χ0v) is 17.7. The summed E-state index contributed by atoms with van der Waals surface area (Å²) >= 11 is 0. The number of para-hydroxylation sites is 2. The quantitative estimate of drug-likeness (QED) is 0.588. The predicted molar refractivity (Wildman–Crippen MR) is 111 cm³/mol. The van der Waals surface area contributed by atoms with Crippen LogP contribution in [0.3, 0.4) is 0 Å². The summed E-state index contributed by atoms with van der Waals surface area (Å²) in [5.74, 6) is 0.313. The lowest BCUT2D eigenvalue weighted by Gasteiger charge is -2.15. The number of carbonyl (C=O) groups is 1. The summed E-state index contributed by atoms with van der Waals surface area (Å²) in [6.45, 7) is 3.03. The number of sulfonamides is 1. The zero-order valence-electron chi connectivity index (χ0n) is 16.8. The molecule has 3 rings (SSSR count). The Kier molecular flexibility index (Phi) is 5.97. The van der Waals surface area contributed by atoms with Gasteiger partial charge in [0, 0.05) is 6.92 Å². The molecule has 0 bridgehead atoms. The third-order valence-corrected chi connectivity index (χ3v) is 5.63. The fourth-order valence-electron chi connectivity index (χ4n) is 2.93. The smallest absolute Gasteiger partial charge is 0.265 e. The van der Waals surface area contributed by atoms with Crippen molar-refractivity contribution in [3.05, 3.63) is 48.2 Å². The Hall–Kier alpha value is -3.53. The Labute approximate surface area is 174 Å². The first-order chi connectivity index (χ1) is 14.3. The lowest BCUT2D eigenvalue weighted by atomic mass is 10.1. The number of amides is 1. The Morgan fingerprint density at radius 2 is 1.77 bits per heavy atom. The number of hydrogen-bond donors (Lipinski definition) is 2. The van der Waals surface area contributed by atoms with Crippen LogP contribution in [0.2, 0.25) is 0 Å². The highest BCUT2D eigenvalue weighted by molar-refractivity contribution is 7.92. The minimum absolute atomic E-state index is 0.0946. The highest BCUT2D eigenvalue weighted by Gasteiger charge is 2.24. The average molecular weight is 431 g/mol. The summed E-state index contributed by atoms with van der Waals surface area (Å²) in [7, 11) is -1.21. The van der Waals surface area contributed by atoms with Gasteiger partial charge in [-0.1, -0.05) is 23.4 Å². The molecule has 0 aliphatic carbocycles. The van der Waals surface area contributed by atoms with E-state index in [1.54, 1.807) is 37.3 Å². The van der Waals surface area contributed by atoms with Gasteiger partial charge in [0.15, 0.2) is 0 Å². The van der Waals surface area contributed by atoms with E-state index < -0.39 is 10.0 Å². The molecule has 0 spiro atoms. The first kappa shape index (κ1) is 21.2. The molecule has 9 nitrogen and oxygen atoms in total. The average Bonchev–Trinajstić information content (AvgIpc) is 3.07. The van der Waals surface area contributed by atoms with Crippen molar-refractivity contribution >= 4 is 27.5 Å². The topological polar surface area (TPSA) is 120 Å². The van der Waals surface area contributed by atoms with E-state index in [2.05, 4.69) is 15.2 Å². The van der Waals surface area contributed by atoms with E-state index in [9.17, 15) is 13.2 Å². The maximum Gasteiger partial charge on any atom is 0.265 e. The van der Waals surface area contributed by atoms with Gasteiger partial charge in [0.1, 0.15) is 16.4 Å². The van der Waals surface area contributed by atoms with Crippen LogP contribution in [0.15, 0.2) is 51.9 Å². The summed E-state index contributed by atoms with van der Waals surface area (Å²) in [6, 6.07) is 11.3. The number of nitrogens with one attached hydrogen (secondary N) is 2. The monoisotopic (exact) mass is 431 g/mol. The van der Waals surface area contributed by atoms with E-state index in [4.69, 9.17) is 14.0 Å². The standard InChI is InChI=1S/C20H21N3O6S/c1-12-19(20(29-22-12)21-13(2)24)14-9-10-17(28-4)18(11-14)30(25,26)23-15-7-5-6-8-16(15)27-3/h5-11,23H,1-4H3,(H,21,24). The van der Waals surface area contributed by atoms with Gasteiger partial charge in [0.25, 0.3) is 10.0 Å². The van der Waals surface area contributed by atoms with Crippen LogP contribution in [0.4, 0.5) is 11.6 Å². The molecule has 2 aromatic carbocycles. The number of methoxy groups -OCH3 is 2. The third-order valence-electron chi connectivity index (χ3n) is 4.25. The van der Waals surface area contributed by atoms with Crippen LogP contribution < -0.4 is 19.5 Å². The van der Waals surface area contributed by atoms with Crippen molar-refractivity contribution < 1.29 is 27.2 Å². The molecule has 158 valence electrons. The molecule has 1 aromatic heterocycles.